The Labute approximate surface area is 134 Å². The van der Waals surface area contributed by atoms with Gasteiger partial charge in [-0.1, -0.05) is 0 Å². The van der Waals surface area contributed by atoms with Crippen LogP contribution in [-0.4, -0.2) is 52.3 Å². The van der Waals surface area contributed by atoms with Gasteiger partial charge in [-0.15, -0.1) is 0 Å². The maximum absolute atomic E-state index is 11.0. The number of carbonyl (C=O) groups is 1. The van der Waals surface area contributed by atoms with Gasteiger partial charge in [-0.2, -0.15) is 0 Å². The van der Waals surface area contributed by atoms with Crippen molar-refractivity contribution in [2.24, 2.45) is 0 Å². The number of nitrogens with one attached hydrogen (secondary N) is 1. The third-order valence-corrected chi connectivity index (χ3v) is 4.01. The molecule has 1 aliphatic rings. The minimum absolute atomic E-state index is 0.124. The number of methoxy groups -OCH3 is 1. The minimum Gasteiger partial charge on any atom is -0.497 e. The van der Waals surface area contributed by atoms with Gasteiger partial charge in [0, 0.05) is 18.2 Å². The molecule has 2 heterocycles. The van der Waals surface area contributed by atoms with E-state index in [1.165, 1.54) is 0 Å². The standard InChI is InChI=1S/C16H20N4O3/c1-23-15-6-12(9-21)5-14(7-15)19-8-16(17-11-19)18-20-4-2-3-13(20)10-22/h5-9,11,13,18,22H,2-4,10H2,1H3. The fourth-order valence-corrected chi connectivity index (χ4v) is 2.78. The minimum atomic E-state index is 0.124. The first-order valence-electron chi connectivity index (χ1n) is 7.56. The summed E-state index contributed by atoms with van der Waals surface area (Å²) in [5.41, 5.74) is 4.57. The largest absolute Gasteiger partial charge is 0.497 e. The summed E-state index contributed by atoms with van der Waals surface area (Å²) in [5.74, 6) is 1.31. The van der Waals surface area contributed by atoms with Gasteiger partial charge in [-0.25, -0.2) is 9.99 Å². The second-order valence-electron chi connectivity index (χ2n) is 5.53. The highest BCUT2D eigenvalue weighted by molar-refractivity contribution is 5.77. The molecule has 1 unspecified atom stereocenters. The molecule has 0 spiro atoms. The Hall–Kier alpha value is -2.38. The number of carbonyl (C=O) groups excluding carboxylic acids is 1. The van der Waals surface area contributed by atoms with Crippen LogP contribution in [0.3, 0.4) is 0 Å². The summed E-state index contributed by atoms with van der Waals surface area (Å²) in [6.07, 6.45) is 6.34. The van der Waals surface area contributed by atoms with Crippen molar-refractivity contribution in [3.63, 3.8) is 0 Å². The topological polar surface area (TPSA) is 79.6 Å². The Bertz CT molecular complexity index is 686. The molecule has 7 nitrogen and oxygen atoms in total. The van der Waals surface area contributed by atoms with Crippen LogP contribution in [0.25, 0.3) is 5.69 Å². The predicted molar refractivity (Wildman–Crippen MR) is 85.9 cm³/mol. The highest BCUT2D eigenvalue weighted by Crippen LogP contribution is 2.22. The van der Waals surface area contributed by atoms with Crippen LogP contribution in [0.15, 0.2) is 30.7 Å². The average molecular weight is 316 g/mol. The Morgan fingerprint density at radius 3 is 3.09 bits per heavy atom. The van der Waals surface area contributed by atoms with Gasteiger partial charge in [0.25, 0.3) is 0 Å². The first kappa shape index (κ1) is 15.5. The molecule has 0 bridgehead atoms. The molecule has 1 aromatic heterocycles. The molecule has 0 amide bonds. The number of hydrazine groups is 1. The molecule has 2 aromatic rings. The Kier molecular flexibility index (Phi) is 4.59. The molecule has 7 heteroatoms. The van der Waals surface area contributed by atoms with E-state index < -0.39 is 0 Å². The molecule has 0 aliphatic carbocycles. The molecule has 1 atom stereocenters. The van der Waals surface area contributed by atoms with Crippen molar-refractivity contribution in [2.45, 2.75) is 18.9 Å². The highest BCUT2D eigenvalue weighted by Gasteiger charge is 2.24. The van der Waals surface area contributed by atoms with Crippen LogP contribution in [-0.2, 0) is 0 Å². The maximum Gasteiger partial charge on any atom is 0.158 e. The maximum atomic E-state index is 11.0. The van der Waals surface area contributed by atoms with Crippen molar-refractivity contribution in [3.05, 3.63) is 36.3 Å². The summed E-state index contributed by atoms with van der Waals surface area (Å²) in [7, 11) is 1.57. The van der Waals surface area contributed by atoms with Gasteiger partial charge in [0.05, 0.1) is 31.6 Å². The van der Waals surface area contributed by atoms with Gasteiger partial charge >= 0.3 is 0 Å². The first-order chi connectivity index (χ1) is 11.2. The lowest BCUT2D eigenvalue weighted by Gasteiger charge is -2.22. The van der Waals surface area contributed by atoms with Crippen LogP contribution >= 0.6 is 0 Å². The lowest BCUT2D eigenvalue weighted by atomic mass is 10.2. The summed E-state index contributed by atoms with van der Waals surface area (Å²) in [5, 5.41) is 11.4. The van der Waals surface area contributed by atoms with Gasteiger partial charge in [0.15, 0.2) is 5.82 Å². The average Bonchev–Trinajstić information content (AvgIpc) is 3.23. The van der Waals surface area contributed by atoms with Crippen LogP contribution in [0, 0.1) is 0 Å². The van der Waals surface area contributed by atoms with E-state index in [1.807, 2.05) is 21.8 Å². The Morgan fingerprint density at radius 2 is 2.35 bits per heavy atom. The fraction of sp³-hybridized carbons (Fsp3) is 0.375. The molecule has 0 saturated carbocycles. The molecule has 1 aromatic carbocycles. The van der Waals surface area contributed by atoms with Crippen molar-refractivity contribution in [2.75, 3.05) is 25.7 Å². The summed E-state index contributed by atoms with van der Waals surface area (Å²) < 4.78 is 7.04. The van der Waals surface area contributed by atoms with Crippen molar-refractivity contribution in [1.29, 1.82) is 0 Å². The molecule has 0 radical (unpaired) electrons. The van der Waals surface area contributed by atoms with Gasteiger partial charge in [-0.05, 0) is 25.0 Å². The van der Waals surface area contributed by atoms with E-state index >= 15 is 0 Å². The summed E-state index contributed by atoms with van der Waals surface area (Å²) >= 11 is 0. The van der Waals surface area contributed by atoms with Crippen LogP contribution in [0.2, 0.25) is 0 Å². The number of imidazole rings is 1. The quantitative estimate of drug-likeness (QED) is 0.786. The van der Waals surface area contributed by atoms with Crippen molar-refractivity contribution in [3.8, 4) is 11.4 Å². The van der Waals surface area contributed by atoms with E-state index in [1.54, 1.807) is 25.6 Å². The molecule has 122 valence electrons. The molecular weight excluding hydrogens is 296 g/mol. The monoisotopic (exact) mass is 316 g/mol. The first-order valence-corrected chi connectivity index (χ1v) is 7.56. The number of ether oxygens (including phenoxy) is 1. The number of hydrogen-bond donors (Lipinski definition) is 2. The van der Waals surface area contributed by atoms with E-state index in [0.29, 0.717) is 17.1 Å². The number of hydrogen-bond acceptors (Lipinski definition) is 6. The van der Waals surface area contributed by atoms with Crippen molar-refractivity contribution >= 4 is 12.1 Å². The van der Waals surface area contributed by atoms with Gasteiger partial charge in [0.1, 0.15) is 18.4 Å². The molecule has 23 heavy (non-hydrogen) atoms. The Morgan fingerprint density at radius 1 is 1.48 bits per heavy atom. The lowest BCUT2D eigenvalue weighted by Crippen LogP contribution is -2.37. The van der Waals surface area contributed by atoms with E-state index in [-0.39, 0.29) is 12.6 Å². The number of rotatable bonds is 6. The molecule has 1 fully saturated rings. The zero-order chi connectivity index (χ0) is 16.2. The normalized spacial score (nSPS) is 18.1. The van der Waals surface area contributed by atoms with E-state index in [4.69, 9.17) is 4.74 Å². The van der Waals surface area contributed by atoms with E-state index in [0.717, 1.165) is 31.4 Å². The summed E-state index contributed by atoms with van der Waals surface area (Å²) in [6, 6.07) is 5.42. The third kappa shape index (κ3) is 3.35. The number of anilines is 1. The van der Waals surface area contributed by atoms with Crippen LogP contribution in [0.5, 0.6) is 5.75 Å². The zero-order valence-corrected chi connectivity index (χ0v) is 13.0. The van der Waals surface area contributed by atoms with E-state index in [2.05, 4.69) is 10.4 Å². The third-order valence-electron chi connectivity index (χ3n) is 4.01. The van der Waals surface area contributed by atoms with Crippen LogP contribution in [0.1, 0.15) is 23.2 Å². The fourth-order valence-electron chi connectivity index (χ4n) is 2.78. The number of aldehydes is 1. The van der Waals surface area contributed by atoms with E-state index in [9.17, 15) is 9.90 Å². The molecule has 1 aliphatic heterocycles. The van der Waals surface area contributed by atoms with Gasteiger partial charge < -0.3 is 19.8 Å². The Balaban J connectivity index is 1.80. The SMILES string of the molecule is COc1cc(C=O)cc(-n2cnc(NN3CCCC3CO)c2)c1. The number of benzene rings is 1. The number of aliphatic hydroxyl groups excluding tert-OH is 1. The highest BCUT2D eigenvalue weighted by atomic mass is 16.5. The molecule has 2 N–H and O–H groups in total. The molecular formula is C16H20N4O3. The second kappa shape index (κ2) is 6.80. The zero-order valence-electron chi connectivity index (χ0n) is 13.0. The van der Waals surface area contributed by atoms with Gasteiger partial charge in [0.2, 0.25) is 0 Å². The number of nitrogens with zero attached hydrogens (tertiary/aromatic N) is 3. The second-order valence-corrected chi connectivity index (χ2v) is 5.53. The molecule has 3 rings (SSSR count). The van der Waals surface area contributed by atoms with Crippen molar-refractivity contribution in [1.82, 2.24) is 14.6 Å². The predicted octanol–water partition coefficient (Wildman–Crippen LogP) is 1.48. The van der Waals surface area contributed by atoms with Crippen LogP contribution < -0.4 is 10.2 Å². The number of aromatic nitrogens is 2. The summed E-state index contributed by atoms with van der Waals surface area (Å²) in [6.45, 7) is 1.01. The number of aliphatic hydroxyl groups is 1. The lowest BCUT2D eigenvalue weighted by molar-refractivity contribution is 0.112. The van der Waals surface area contributed by atoms with Crippen molar-refractivity contribution < 1.29 is 14.6 Å². The van der Waals surface area contributed by atoms with Gasteiger partial charge in [-0.3, -0.25) is 4.79 Å². The smallest absolute Gasteiger partial charge is 0.158 e. The van der Waals surface area contributed by atoms with Crippen LogP contribution in [0.4, 0.5) is 5.82 Å². The molecule has 1 saturated heterocycles. The summed E-state index contributed by atoms with van der Waals surface area (Å²) in [4.78, 5) is 15.4.